The lowest BCUT2D eigenvalue weighted by Gasteiger charge is -2.19. The van der Waals surface area contributed by atoms with Crippen LogP contribution in [0.3, 0.4) is 0 Å². The lowest BCUT2D eigenvalue weighted by atomic mass is 9.87. The highest BCUT2D eigenvalue weighted by Gasteiger charge is 2.15. The van der Waals surface area contributed by atoms with Gasteiger partial charge in [-0.2, -0.15) is 0 Å². The van der Waals surface area contributed by atoms with Crippen LogP contribution in [0, 0.1) is 0 Å². The Labute approximate surface area is 113 Å². The minimum Gasteiger partial charge on any atom is -0.352 e. The second kappa shape index (κ2) is 5.73. The van der Waals surface area contributed by atoms with Gasteiger partial charge >= 0.3 is 6.03 Å². The van der Waals surface area contributed by atoms with Crippen LogP contribution in [-0.4, -0.2) is 18.0 Å². The van der Waals surface area contributed by atoms with Gasteiger partial charge in [0.1, 0.15) is 6.04 Å². The molecule has 0 heterocycles. The topological polar surface area (TPSA) is 84.2 Å². The molecule has 0 saturated carbocycles. The molecule has 0 bridgehead atoms. The summed E-state index contributed by atoms with van der Waals surface area (Å²) < 4.78 is 0. The van der Waals surface area contributed by atoms with Gasteiger partial charge < -0.3 is 16.4 Å². The predicted molar refractivity (Wildman–Crippen MR) is 76.0 cm³/mol. The number of nitrogens with one attached hydrogen (secondary N) is 2. The lowest BCUT2D eigenvalue weighted by molar-refractivity contribution is -0.117. The number of carbonyl (C=O) groups is 2. The van der Waals surface area contributed by atoms with Gasteiger partial charge in [0, 0.05) is 5.69 Å². The molecule has 0 aliphatic carbocycles. The molecule has 1 unspecified atom stereocenters. The van der Waals surface area contributed by atoms with Crippen molar-refractivity contribution in [2.45, 2.75) is 39.2 Å². The van der Waals surface area contributed by atoms with Crippen LogP contribution < -0.4 is 16.4 Å². The molecule has 1 rings (SSSR count). The van der Waals surface area contributed by atoms with E-state index in [1.165, 1.54) is 5.56 Å². The second-order valence-electron chi connectivity index (χ2n) is 5.55. The fourth-order valence-corrected chi connectivity index (χ4v) is 1.58. The van der Waals surface area contributed by atoms with Crippen molar-refractivity contribution in [2.75, 3.05) is 5.32 Å². The maximum Gasteiger partial charge on any atom is 0.312 e. The van der Waals surface area contributed by atoms with Gasteiger partial charge in [-0.3, -0.25) is 4.79 Å². The minimum absolute atomic E-state index is 0.0728. The molecule has 104 valence electrons. The maximum absolute atomic E-state index is 11.7. The van der Waals surface area contributed by atoms with Gasteiger partial charge in [0.15, 0.2) is 0 Å². The van der Waals surface area contributed by atoms with Crippen LogP contribution in [0.15, 0.2) is 24.3 Å². The fourth-order valence-electron chi connectivity index (χ4n) is 1.58. The number of hydrogen-bond donors (Lipinski definition) is 3. The van der Waals surface area contributed by atoms with E-state index in [0.29, 0.717) is 5.69 Å². The Morgan fingerprint density at radius 2 is 1.68 bits per heavy atom. The summed E-state index contributed by atoms with van der Waals surface area (Å²) in [6.07, 6.45) is 0. The minimum atomic E-state index is -0.717. The third kappa shape index (κ3) is 4.62. The average molecular weight is 263 g/mol. The first-order valence-corrected chi connectivity index (χ1v) is 6.17. The maximum atomic E-state index is 11.7. The van der Waals surface area contributed by atoms with Crippen LogP contribution in [-0.2, 0) is 10.2 Å². The molecular weight excluding hydrogens is 242 g/mol. The summed E-state index contributed by atoms with van der Waals surface area (Å²) in [5, 5.41) is 5.04. The van der Waals surface area contributed by atoms with Crippen LogP contribution in [0.5, 0.6) is 0 Å². The van der Waals surface area contributed by atoms with E-state index in [1.807, 2.05) is 24.3 Å². The number of urea groups is 1. The largest absolute Gasteiger partial charge is 0.352 e. The summed E-state index contributed by atoms with van der Waals surface area (Å²) in [5.74, 6) is -0.303. The quantitative estimate of drug-likeness (QED) is 0.779. The number of rotatable bonds is 3. The van der Waals surface area contributed by atoms with Crippen molar-refractivity contribution in [2.24, 2.45) is 5.73 Å². The van der Waals surface area contributed by atoms with Crippen molar-refractivity contribution < 1.29 is 9.59 Å². The van der Waals surface area contributed by atoms with E-state index in [1.54, 1.807) is 6.92 Å². The number of benzene rings is 1. The zero-order valence-corrected chi connectivity index (χ0v) is 11.8. The zero-order valence-electron chi connectivity index (χ0n) is 11.8. The van der Waals surface area contributed by atoms with Gasteiger partial charge in [-0.25, -0.2) is 4.79 Å². The van der Waals surface area contributed by atoms with E-state index in [9.17, 15) is 9.59 Å². The molecule has 0 spiro atoms. The third-order valence-corrected chi connectivity index (χ3v) is 2.77. The monoisotopic (exact) mass is 263 g/mol. The van der Waals surface area contributed by atoms with E-state index < -0.39 is 12.1 Å². The van der Waals surface area contributed by atoms with E-state index in [4.69, 9.17) is 5.73 Å². The summed E-state index contributed by atoms with van der Waals surface area (Å²) in [7, 11) is 0. The van der Waals surface area contributed by atoms with Gasteiger partial charge in [0.25, 0.3) is 0 Å². The van der Waals surface area contributed by atoms with Gasteiger partial charge in [-0.05, 0) is 30.0 Å². The molecule has 1 aromatic rings. The normalized spacial score (nSPS) is 12.6. The van der Waals surface area contributed by atoms with E-state index in [2.05, 4.69) is 31.4 Å². The molecule has 0 radical (unpaired) electrons. The molecule has 19 heavy (non-hydrogen) atoms. The highest BCUT2D eigenvalue weighted by molar-refractivity contribution is 5.96. The predicted octanol–water partition coefficient (Wildman–Crippen LogP) is 1.98. The molecule has 0 aliphatic heterocycles. The number of carbonyl (C=O) groups excluding carboxylic acids is 2. The SMILES string of the molecule is CC(NC(N)=O)C(=O)Nc1ccc(C(C)(C)C)cc1. The summed E-state index contributed by atoms with van der Waals surface area (Å²) in [6, 6.07) is 6.25. The first-order valence-electron chi connectivity index (χ1n) is 6.17. The summed E-state index contributed by atoms with van der Waals surface area (Å²) in [5.41, 5.74) is 6.91. The first kappa shape index (κ1) is 15.0. The highest BCUT2D eigenvalue weighted by atomic mass is 16.2. The average Bonchev–Trinajstić information content (AvgIpc) is 2.27. The van der Waals surface area contributed by atoms with Crippen LogP contribution in [0.1, 0.15) is 33.3 Å². The molecule has 1 atom stereocenters. The van der Waals surface area contributed by atoms with Gasteiger partial charge in [0.05, 0.1) is 0 Å². The Balaban J connectivity index is 2.68. The van der Waals surface area contributed by atoms with Crippen molar-refractivity contribution in [1.82, 2.24) is 5.32 Å². The number of amides is 3. The summed E-state index contributed by atoms with van der Waals surface area (Å²) in [6.45, 7) is 7.95. The first-order chi connectivity index (χ1) is 8.70. The number of anilines is 1. The second-order valence-corrected chi connectivity index (χ2v) is 5.55. The number of hydrogen-bond acceptors (Lipinski definition) is 2. The molecule has 5 heteroatoms. The Bertz CT molecular complexity index is 461. The molecule has 5 nitrogen and oxygen atoms in total. The fraction of sp³-hybridized carbons (Fsp3) is 0.429. The van der Waals surface area contributed by atoms with Crippen molar-refractivity contribution in [3.8, 4) is 0 Å². The highest BCUT2D eigenvalue weighted by Crippen LogP contribution is 2.23. The van der Waals surface area contributed by atoms with Crippen molar-refractivity contribution >= 4 is 17.6 Å². The molecule has 4 N–H and O–H groups in total. The molecule has 0 aliphatic rings. The number of primary amides is 1. The standard InChI is InChI=1S/C14H21N3O2/c1-9(16-13(15)19)12(18)17-11-7-5-10(6-8-11)14(2,3)4/h5-9H,1-4H3,(H,17,18)(H3,15,16,19). The van der Waals surface area contributed by atoms with Gasteiger partial charge in [-0.15, -0.1) is 0 Å². The van der Waals surface area contributed by atoms with Crippen LogP contribution >= 0.6 is 0 Å². The van der Waals surface area contributed by atoms with Crippen LogP contribution in [0.4, 0.5) is 10.5 Å². The van der Waals surface area contributed by atoms with Crippen LogP contribution in [0.2, 0.25) is 0 Å². The lowest BCUT2D eigenvalue weighted by Crippen LogP contribution is -2.44. The van der Waals surface area contributed by atoms with E-state index >= 15 is 0 Å². The van der Waals surface area contributed by atoms with E-state index in [-0.39, 0.29) is 11.3 Å². The Morgan fingerprint density at radius 3 is 2.11 bits per heavy atom. The Kier molecular flexibility index (Phi) is 4.53. The number of nitrogens with two attached hydrogens (primary N) is 1. The molecular formula is C14H21N3O2. The van der Waals surface area contributed by atoms with Gasteiger partial charge in [-0.1, -0.05) is 32.9 Å². The third-order valence-electron chi connectivity index (χ3n) is 2.77. The zero-order chi connectivity index (χ0) is 14.6. The molecule has 1 aromatic carbocycles. The summed E-state index contributed by atoms with van der Waals surface area (Å²) in [4.78, 5) is 22.4. The van der Waals surface area contributed by atoms with Gasteiger partial charge in [0.2, 0.25) is 5.91 Å². The molecule has 0 aromatic heterocycles. The van der Waals surface area contributed by atoms with Crippen molar-refractivity contribution in [3.63, 3.8) is 0 Å². The Hall–Kier alpha value is -2.04. The van der Waals surface area contributed by atoms with Crippen molar-refractivity contribution in [1.29, 1.82) is 0 Å². The molecule has 0 fully saturated rings. The van der Waals surface area contributed by atoms with Crippen molar-refractivity contribution in [3.05, 3.63) is 29.8 Å². The molecule has 3 amide bonds. The van der Waals surface area contributed by atoms with E-state index in [0.717, 1.165) is 0 Å². The Morgan fingerprint density at radius 1 is 1.16 bits per heavy atom. The molecule has 0 saturated heterocycles. The smallest absolute Gasteiger partial charge is 0.312 e. The summed E-state index contributed by atoms with van der Waals surface area (Å²) >= 11 is 0. The van der Waals surface area contributed by atoms with Crippen LogP contribution in [0.25, 0.3) is 0 Å².